The normalized spacial score (nSPS) is 18.8. The van der Waals surface area contributed by atoms with E-state index in [0.717, 1.165) is 43.5 Å². The smallest absolute Gasteiger partial charge is 0.410 e. The fourth-order valence-corrected chi connectivity index (χ4v) is 3.24. The number of piperidine rings is 1. The van der Waals surface area contributed by atoms with Crippen LogP contribution >= 0.6 is 15.9 Å². The van der Waals surface area contributed by atoms with Crippen LogP contribution < -0.4 is 5.32 Å². The highest BCUT2D eigenvalue weighted by atomic mass is 79.9. The van der Waals surface area contributed by atoms with Gasteiger partial charge in [0.25, 0.3) is 0 Å². The molecule has 4 nitrogen and oxygen atoms in total. The molecule has 128 valence electrons. The van der Waals surface area contributed by atoms with Crippen molar-refractivity contribution < 1.29 is 9.53 Å². The first-order valence-electron chi connectivity index (χ1n) is 8.26. The monoisotopic (exact) mass is 382 g/mol. The van der Waals surface area contributed by atoms with E-state index in [1.165, 1.54) is 5.56 Å². The van der Waals surface area contributed by atoms with E-state index in [9.17, 15) is 4.79 Å². The summed E-state index contributed by atoms with van der Waals surface area (Å²) in [4.78, 5) is 14.0. The molecule has 1 heterocycles. The van der Waals surface area contributed by atoms with Crippen LogP contribution in [0.3, 0.4) is 0 Å². The second kappa shape index (κ2) is 8.15. The number of nitrogens with zero attached hydrogens (tertiary/aromatic N) is 1. The first-order valence-corrected chi connectivity index (χ1v) is 9.06. The highest BCUT2D eigenvalue weighted by molar-refractivity contribution is 9.10. The predicted molar refractivity (Wildman–Crippen MR) is 96.4 cm³/mol. The average molecular weight is 383 g/mol. The number of carbonyl (C=O) groups excluding carboxylic acids is 1. The molecule has 0 radical (unpaired) electrons. The molecule has 0 aliphatic carbocycles. The van der Waals surface area contributed by atoms with E-state index >= 15 is 0 Å². The molecule has 5 heteroatoms. The van der Waals surface area contributed by atoms with Crippen LogP contribution in [0, 0.1) is 5.92 Å². The molecule has 0 unspecified atom stereocenters. The second-order valence-corrected chi connectivity index (χ2v) is 8.11. The Kier molecular flexibility index (Phi) is 6.48. The zero-order valence-corrected chi connectivity index (χ0v) is 15.9. The molecule has 1 aromatic rings. The number of hydrogen-bond donors (Lipinski definition) is 1. The van der Waals surface area contributed by atoms with E-state index in [0.29, 0.717) is 5.92 Å². The maximum Gasteiger partial charge on any atom is 0.410 e. The van der Waals surface area contributed by atoms with Gasteiger partial charge >= 0.3 is 6.09 Å². The maximum atomic E-state index is 12.2. The minimum atomic E-state index is -0.428. The fourth-order valence-electron chi connectivity index (χ4n) is 2.79. The summed E-state index contributed by atoms with van der Waals surface area (Å²) in [5, 5.41) is 3.51. The number of ether oxygens (including phenoxy) is 1. The van der Waals surface area contributed by atoms with Crippen LogP contribution in [0.25, 0.3) is 0 Å². The average Bonchev–Trinajstić information content (AvgIpc) is 2.46. The van der Waals surface area contributed by atoms with Gasteiger partial charge in [0.05, 0.1) is 0 Å². The van der Waals surface area contributed by atoms with Gasteiger partial charge in [-0.15, -0.1) is 0 Å². The fraction of sp³-hybridized carbons (Fsp3) is 0.611. The summed E-state index contributed by atoms with van der Waals surface area (Å²) in [5.74, 6) is 0.489. The van der Waals surface area contributed by atoms with E-state index in [1.54, 1.807) is 0 Å². The zero-order valence-electron chi connectivity index (χ0n) is 14.3. The Morgan fingerprint density at radius 3 is 2.91 bits per heavy atom. The number of nitrogens with one attached hydrogen (secondary N) is 1. The Balaban J connectivity index is 1.76. The van der Waals surface area contributed by atoms with Crippen molar-refractivity contribution in [1.29, 1.82) is 0 Å². The molecular formula is C18H27BrN2O2. The topological polar surface area (TPSA) is 41.6 Å². The summed E-state index contributed by atoms with van der Waals surface area (Å²) in [7, 11) is 0. The van der Waals surface area contributed by atoms with Gasteiger partial charge in [-0.2, -0.15) is 0 Å². The van der Waals surface area contributed by atoms with Gasteiger partial charge in [0, 0.05) is 24.1 Å². The standard InChI is InChI=1S/C18H27BrN2O2/c1-18(2,3)23-17(22)21-9-5-7-15(13-21)12-20-11-14-6-4-8-16(19)10-14/h4,6,8,10,15,20H,5,7,9,11-13H2,1-3H3/t15-/m0/s1. The molecule has 0 bridgehead atoms. The lowest BCUT2D eigenvalue weighted by Crippen LogP contribution is -2.44. The van der Waals surface area contributed by atoms with E-state index in [2.05, 4.69) is 33.4 Å². The van der Waals surface area contributed by atoms with Gasteiger partial charge in [0.1, 0.15) is 5.60 Å². The van der Waals surface area contributed by atoms with Crippen LogP contribution in [-0.2, 0) is 11.3 Å². The first kappa shape index (κ1) is 18.3. The van der Waals surface area contributed by atoms with Gasteiger partial charge in [0.2, 0.25) is 0 Å². The summed E-state index contributed by atoms with van der Waals surface area (Å²) < 4.78 is 6.58. The summed E-state index contributed by atoms with van der Waals surface area (Å²) >= 11 is 3.49. The summed E-state index contributed by atoms with van der Waals surface area (Å²) in [6, 6.07) is 8.32. The van der Waals surface area contributed by atoms with Gasteiger partial charge in [-0.3, -0.25) is 0 Å². The van der Waals surface area contributed by atoms with Crippen molar-refractivity contribution >= 4 is 22.0 Å². The Morgan fingerprint density at radius 1 is 1.43 bits per heavy atom. The molecule has 0 saturated carbocycles. The number of benzene rings is 1. The van der Waals surface area contributed by atoms with Gasteiger partial charge in [-0.25, -0.2) is 4.79 Å². The largest absolute Gasteiger partial charge is 0.444 e. The first-order chi connectivity index (χ1) is 10.8. The molecule has 1 amide bonds. The van der Waals surface area contributed by atoms with Gasteiger partial charge < -0.3 is 15.0 Å². The van der Waals surface area contributed by atoms with Crippen LogP contribution in [0.15, 0.2) is 28.7 Å². The van der Waals surface area contributed by atoms with E-state index in [1.807, 2.05) is 37.8 Å². The molecule has 1 atom stereocenters. The van der Waals surface area contributed by atoms with Crippen LogP contribution in [-0.4, -0.2) is 36.2 Å². The summed E-state index contributed by atoms with van der Waals surface area (Å²) in [6.07, 6.45) is 2.02. The van der Waals surface area contributed by atoms with Crippen molar-refractivity contribution in [2.75, 3.05) is 19.6 Å². The predicted octanol–water partition coefficient (Wildman–Crippen LogP) is 4.19. The third kappa shape index (κ3) is 6.51. The third-order valence-electron chi connectivity index (χ3n) is 3.82. The molecule has 1 N–H and O–H groups in total. The number of carbonyl (C=O) groups is 1. The molecule has 1 aliphatic rings. The van der Waals surface area contributed by atoms with Crippen molar-refractivity contribution in [3.05, 3.63) is 34.3 Å². The molecule has 1 aromatic carbocycles. The number of likely N-dealkylation sites (tertiary alicyclic amines) is 1. The highest BCUT2D eigenvalue weighted by Crippen LogP contribution is 2.19. The van der Waals surface area contributed by atoms with Crippen molar-refractivity contribution in [3.8, 4) is 0 Å². The highest BCUT2D eigenvalue weighted by Gasteiger charge is 2.27. The molecule has 0 aromatic heterocycles. The number of amides is 1. The van der Waals surface area contributed by atoms with Crippen LogP contribution in [0.1, 0.15) is 39.2 Å². The van der Waals surface area contributed by atoms with Gasteiger partial charge in [-0.1, -0.05) is 28.1 Å². The molecule has 1 aliphatic heterocycles. The SMILES string of the molecule is CC(C)(C)OC(=O)N1CCC[C@@H](CNCc2cccc(Br)c2)C1. The van der Waals surface area contributed by atoms with Gasteiger partial charge in [-0.05, 0) is 63.8 Å². The van der Waals surface area contributed by atoms with Crippen molar-refractivity contribution in [2.24, 2.45) is 5.92 Å². The minimum Gasteiger partial charge on any atom is -0.444 e. The Hall–Kier alpha value is -1.07. The third-order valence-corrected chi connectivity index (χ3v) is 4.32. The lowest BCUT2D eigenvalue weighted by atomic mass is 9.98. The maximum absolute atomic E-state index is 12.2. The molecular weight excluding hydrogens is 356 g/mol. The van der Waals surface area contributed by atoms with E-state index in [4.69, 9.17) is 4.74 Å². The lowest BCUT2D eigenvalue weighted by Gasteiger charge is -2.34. The number of halogens is 1. The Morgan fingerprint density at radius 2 is 2.22 bits per heavy atom. The van der Waals surface area contributed by atoms with Crippen LogP contribution in [0.2, 0.25) is 0 Å². The Bertz CT molecular complexity index is 528. The quantitative estimate of drug-likeness (QED) is 0.848. The summed E-state index contributed by atoms with van der Waals surface area (Å²) in [5.41, 5.74) is 0.836. The van der Waals surface area contributed by atoms with E-state index in [-0.39, 0.29) is 6.09 Å². The number of hydrogen-bond acceptors (Lipinski definition) is 3. The molecule has 1 saturated heterocycles. The Labute approximate surface area is 147 Å². The van der Waals surface area contributed by atoms with Crippen LogP contribution in [0.5, 0.6) is 0 Å². The molecule has 0 spiro atoms. The lowest BCUT2D eigenvalue weighted by molar-refractivity contribution is 0.0166. The molecule has 1 fully saturated rings. The second-order valence-electron chi connectivity index (χ2n) is 7.20. The number of rotatable bonds is 4. The van der Waals surface area contributed by atoms with Crippen LogP contribution in [0.4, 0.5) is 4.79 Å². The van der Waals surface area contributed by atoms with Crippen molar-refractivity contribution in [2.45, 2.75) is 45.8 Å². The summed E-state index contributed by atoms with van der Waals surface area (Å²) in [6.45, 7) is 9.08. The minimum absolute atomic E-state index is 0.186. The molecule has 23 heavy (non-hydrogen) atoms. The van der Waals surface area contributed by atoms with Crippen molar-refractivity contribution in [3.63, 3.8) is 0 Å². The zero-order chi connectivity index (χ0) is 16.9. The van der Waals surface area contributed by atoms with Crippen molar-refractivity contribution in [1.82, 2.24) is 10.2 Å². The molecule has 2 rings (SSSR count). The van der Waals surface area contributed by atoms with Gasteiger partial charge in [0.15, 0.2) is 0 Å². The van der Waals surface area contributed by atoms with E-state index < -0.39 is 5.60 Å².